The van der Waals surface area contributed by atoms with Crippen LogP contribution in [0.2, 0.25) is 0 Å². The number of nitrogens with zero attached hydrogens (tertiary/aromatic N) is 1. The van der Waals surface area contributed by atoms with E-state index < -0.39 is 11.7 Å². The Morgan fingerprint density at radius 3 is 2.50 bits per heavy atom. The monoisotopic (exact) mass is 193 g/mol. The average molecular weight is 193 g/mol. The standard InChI is InChI=1S/C9H11N3O2/c1-9(10,12-14)11-8(13)7-5-3-2-4-6-7/h2-6H,10H2,1H3,(H,11,13). The first kappa shape index (κ1) is 10.3. The van der Waals surface area contributed by atoms with Crippen LogP contribution in [0.3, 0.4) is 0 Å². The van der Waals surface area contributed by atoms with Gasteiger partial charge in [-0.15, -0.1) is 4.91 Å². The van der Waals surface area contributed by atoms with E-state index in [2.05, 4.69) is 10.5 Å². The molecule has 74 valence electrons. The van der Waals surface area contributed by atoms with Crippen LogP contribution in [0, 0.1) is 4.91 Å². The van der Waals surface area contributed by atoms with E-state index in [-0.39, 0.29) is 0 Å². The van der Waals surface area contributed by atoms with E-state index in [0.717, 1.165) is 0 Å². The highest BCUT2D eigenvalue weighted by atomic mass is 16.3. The Labute approximate surface area is 81.3 Å². The molecule has 0 aliphatic rings. The maximum Gasteiger partial charge on any atom is 0.254 e. The lowest BCUT2D eigenvalue weighted by Gasteiger charge is -2.16. The molecule has 14 heavy (non-hydrogen) atoms. The summed E-state index contributed by atoms with van der Waals surface area (Å²) >= 11 is 0. The van der Waals surface area contributed by atoms with Crippen molar-refractivity contribution in [3.63, 3.8) is 0 Å². The van der Waals surface area contributed by atoms with Crippen LogP contribution in [0.25, 0.3) is 0 Å². The predicted octanol–water partition coefficient (Wildman–Crippen LogP) is 0.815. The Bertz CT molecular complexity index is 335. The normalized spacial score (nSPS) is 14.1. The predicted molar refractivity (Wildman–Crippen MR) is 52.3 cm³/mol. The zero-order valence-corrected chi connectivity index (χ0v) is 7.73. The summed E-state index contributed by atoms with van der Waals surface area (Å²) in [5.74, 6) is -1.98. The minimum atomic E-state index is -1.56. The zero-order chi connectivity index (χ0) is 10.6. The van der Waals surface area contributed by atoms with Gasteiger partial charge in [0.15, 0.2) is 0 Å². The summed E-state index contributed by atoms with van der Waals surface area (Å²) in [5.41, 5.74) is 5.78. The lowest BCUT2D eigenvalue weighted by atomic mass is 10.2. The van der Waals surface area contributed by atoms with E-state index in [1.165, 1.54) is 6.92 Å². The summed E-state index contributed by atoms with van der Waals surface area (Å²) in [5, 5.41) is 4.86. The second kappa shape index (κ2) is 3.97. The molecule has 1 aromatic carbocycles. The number of hydrogen-bond acceptors (Lipinski definition) is 4. The van der Waals surface area contributed by atoms with Gasteiger partial charge < -0.3 is 5.32 Å². The number of nitroso groups, excluding NO2 is 1. The van der Waals surface area contributed by atoms with E-state index in [9.17, 15) is 9.70 Å². The first-order valence-corrected chi connectivity index (χ1v) is 4.06. The highest BCUT2D eigenvalue weighted by Crippen LogP contribution is 2.01. The van der Waals surface area contributed by atoms with Crippen molar-refractivity contribution in [2.24, 2.45) is 10.9 Å². The number of benzene rings is 1. The number of carbonyl (C=O) groups is 1. The van der Waals surface area contributed by atoms with Crippen molar-refractivity contribution < 1.29 is 4.79 Å². The molecule has 0 aliphatic carbocycles. The summed E-state index contributed by atoms with van der Waals surface area (Å²) in [7, 11) is 0. The third-order valence-corrected chi connectivity index (χ3v) is 1.59. The number of hydrogen-bond donors (Lipinski definition) is 2. The van der Waals surface area contributed by atoms with E-state index in [1.807, 2.05) is 0 Å². The maximum absolute atomic E-state index is 11.4. The van der Waals surface area contributed by atoms with Crippen LogP contribution in [-0.2, 0) is 0 Å². The van der Waals surface area contributed by atoms with Gasteiger partial charge >= 0.3 is 0 Å². The van der Waals surface area contributed by atoms with Crippen molar-refractivity contribution in [3.05, 3.63) is 40.8 Å². The van der Waals surface area contributed by atoms with Gasteiger partial charge in [-0.05, 0) is 24.2 Å². The van der Waals surface area contributed by atoms with Gasteiger partial charge in [-0.2, -0.15) is 0 Å². The van der Waals surface area contributed by atoms with Crippen molar-refractivity contribution >= 4 is 5.91 Å². The molecule has 0 saturated heterocycles. The van der Waals surface area contributed by atoms with Crippen LogP contribution in [0.4, 0.5) is 0 Å². The molecule has 0 radical (unpaired) electrons. The molecule has 1 aromatic rings. The molecule has 5 nitrogen and oxygen atoms in total. The van der Waals surface area contributed by atoms with Crippen LogP contribution in [0.15, 0.2) is 35.5 Å². The van der Waals surface area contributed by atoms with Crippen molar-refractivity contribution in [3.8, 4) is 0 Å². The van der Waals surface area contributed by atoms with Gasteiger partial charge in [0.05, 0.1) is 0 Å². The van der Waals surface area contributed by atoms with Crippen LogP contribution in [0.5, 0.6) is 0 Å². The minimum Gasteiger partial charge on any atom is -0.313 e. The Hall–Kier alpha value is -1.75. The van der Waals surface area contributed by atoms with Gasteiger partial charge in [0.25, 0.3) is 5.91 Å². The van der Waals surface area contributed by atoms with Gasteiger partial charge in [0.2, 0.25) is 5.79 Å². The van der Waals surface area contributed by atoms with Crippen molar-refractivity contribution in [2.45, 2.75) is 12.7 Å². The molecule has 1 atom stereocenters. The summed E-state index contributed by atoms with van der Waals surface area (Å²) in [4.78, 5) is 21.6. The Balaban J connectivity index is 2.74. The van der Waals surface area contributed by atoms with E-state index in [0.29, 0.717) is 5.56 Å². The largest absolute Gasteiger partial charge is 0.313 e. The van der Waals surface area contributed by atoms with Crippen molar-refractivity contribution in [1.82, 2.24) is 5.32 Å². The highest BCUT2D eigenvalue weighted by Gasteiger charge is 2.21. The number of carbonyl (C=O) groups excluding carboxylic acids is 1. The molecule has 0 fully saturated rings. The molecular weight excluding hydrogens is 182 g/mol. The van der Waals surface area contributed by atoms with E-state index in [4.69, 9.17) is 5.73 Å². The third kappa shape index (κ3) is 2.63. The van der Waals surface area contributed by atoms with Crippen LogP contribution in [0.1, 0.15) is 17.3 Å². The fourth-order valence-corrected chi connectivity index (χ4v) is 0.914. The Morgan fingerprint density at radius 2 is 2.00 bits per heavy atom. The quantitative estimate of drug-likeness (QED) is 0.550. The van der Waals surface area contributed by atoms with Gasteiger partial charge in [0.1, 0.15) is 0 Å². The topological polar surface area (TPSA) is 84.5 Å². The van der Waals surface area contributed by atoms with Gasteiger partial charge in [-0.1, -0.05) is 18.2 Å². The smallest absolute Gasteiger partial charge is 0.254 e. The minimum absolute atomic E-state index is 0.421. The second-order valence-electron chi connectivity index (χ2n) is 3.06. The van der Waals surface area contributed by atoms with E-state index in [1.54, 1.807) is 30.3 Å². The summed E-state index contributed by atoms with van der Waals surface area (Å²) in [6, 6.07) is 8.47. The molecule has 0 bridgehead atoms. The molecule has 0 saturated carbocycles. The lowest BCUT2D eigenvalue weighted by molar-refractivity contribution is 0.0911. The van der Waals surface area contributed by atoms with Gasteiger partial charge in [0, 0.05) is 5.56 Å². The number of nitrogens with two attached hydrogens (primary N) is 1. The molecule has 0 aromatic heterocycles. The Morgan fingerprint density at radius 1 is 1.43 bits per heavy atom. The molecule has 5 heteroatoms. The molecule has 0 aliphatic heterocycles. The van der Waals surface area contributed by atoms with Crippen molar-refractivity contribution in [2.75, 3.05) is 0 Å². The van der Waals surface area contributed by atoms with Crippen molar-refractivity contribution in [1.29, 1.82) is 0 Å². The third-order valence-electron chi connectivity index (χ3n) is 1.59. The fraction of sp³-hybridized carbons (Fsp3) is 0.222. The molecule has 3 N–H and O–H groups in total. The first-order chi connectivity index (χ1) is 6.55. The SMILES string of the molecule is CC(N)(N=O)NC(=O)c1ccccc1. The maximum atomic E-state index is 11.4. The molecule has 0 heterocycles. The summed E-state index contributed by atoms with van der Waals surface area (Å²) in [6.07, 6.45) is 0. The number of amides is 1. The number of rotatable bonds is 3. The van der Waals surface area contributed by atoms with Gasteiger partial charge in [-0.3, -0.25) is 10.5 Å². The van der Waals surface area contributed by atoms with E-state index >= 15 is 0 Å². The molecular formula is C9H11N3O2. The summed E-state index contributed by atoms with van der Waals surface area (Å²) < 4.78 is 0. The molecule has 1 unspecified atom stereocenters. The highest BCUT2D eigenvalue weighted by molar-refractivity contribution is 5.94. The molecule has 1 amide bonds. The zero-order valence-electron chi connectivity index (χ0n) is 7.73. The second-order valence-corrected chi connectivity index (χ2v) is 3.06. The molecule has 1 rings (SSSR count). The lowest BCUT2D eigenvalue weighted by Crippen LogP contribution is -2.51. The van der Waals surface area contributed by atoms with Crippen LogP contribution in [-0.4, -0.2) is 11.7 Å². The summed E-state index contributed by atoms with van der Waals surface area (Å²) in [6.45, 7) is 1.32. The molecule has 0 spiro atoms. The first-order valence-electron chi connectivity index (χ1n) is 4.06. The van der Waals surface area contributed by atoms with Crippen LogP contribution < -0.4 is 11.1 Å². The van der Waals surface area contributed by atoms with Gasteiger partial charge in [-0.25, -0.2) is 0 Å². The average Bonchev–Trinajstić information content (AvgIpc) is 2.19. The Kier molecular flexibility index (Phi) is 2.93. The number of nitrogens with one attached hydrogen (secondary N) is 1. The van der Waals surface area contributed by atoms with Crippen LogP contribution >= 0.6 is 0 Å². The fourth-order valence-electron chi connectivity index (χ4n) is 0.914.